The van der Waals surface area contributed by atoms with Gasteiger partial charge >= 0.3 is 0 Å². The average Bonchev–Trinajstić information content (AvgIpc) is 3.06. The molecule has 0 fully saturated rings. The molecule has 0 aromatic carbocycles. The first-order valence-electron chi connectivity index (χ1n) is 20.2. The van der Waals surface area contributed by atoms with E-state index in [0.717, 1.165) is 32.1 Å². The number of rotatable bonds is 36. The summed E-state index contributed by atoms with van der Waals surface area (Å²) >= 11 is 0. The van der Waals surface area contributed by atoms with Crippen LogP contribution in [-0.4, -0.2) is 34.9 Å². The molecule has 0 saturated carbocycles. The average molecular weight is 646 g/mol. The van der Waals surface area contributed by atoms with Crippen molar-refractivity contribution >= 4 is 5.91 Å². The maximum atomic E-state index is 12.3. The summed E-state index contributed by atoms with van der Waals surface area (Å²) < 4.78 is 0. The summed E-state index contributed by atoms with van der Waals surface area (Å²) in [5, 5.41) is 22.9. The highest BCUT2D eigenvalue weighted by molar-refractivity contribution is 5.76. The molecular formula is C42H79NO3. The molecule has 0 heterocycles. The third-order valence-corrected chi connectivity index (χ3v) is 9.10. The fraction of sp³-hybridized carbons (Fsp3) is 0.833. The maximum absolute atomic E-state index is 12.3. The van der Waals surface area contributed by atoms with Gasteiger partial charge in [-0.05, 0) is 57.8 Å². The quantitative estimate of drug-likeness (QED) is 0.0469. The summed E-state index contributed by atoms with van der Waals surface area (Å²) in [5.74, 6) is -0.0769. The Morgan fingerprint density at radius 2 is 0.848 bits per heavy atom. The van der Waals surface area contributed by atoms with Crippen molar-refractivity contribution in [3.05, 3.63) is 36.5 Å². The Hall–Kier alpha value is -1.39. The molecule has 0 aliphatic heterocycles. The van der Waals surface area contributed by atoms with Crippen LogP contribution in [-0.2, 0) is 4.79 Å². The van der Waals surface area contributed by atoms with Crippen LogP contribution in [0, 0.1) is 0 Å². The SMILES string of the molecule is CCCCCCCC/C=C\CCCCCCCCCCCC(=O)NC(CO)C(O)/C=C/CC/C=C/CCCCCCCCCCC. The predicted octanol–water partition coefficient (Wildman–Crippen LogP) is 12.2. The fourth-order valence-electron chi connectivity index (χ4n) is 5.95. The minimum atomic E-state index is -0.860. The van der Waals surface area contributed by atoms with Gasteiger partial charge in [0.15, 0.2) is 0 Å². The number of hydrogen-bond donors (Lipinski definition) is 3. The van der Waals surface area contributed by atoms with E-state index in [0.29, 0.717) is 6.42 Å². The lowest BCUT2D eigenvalue weighted by atomic mass is 10.0. The molecule has 0 spiro atoms. The van der Waals surface area contributed by atoms with E-state index in [9.17, 15) is 15.0 Å². The van der Waals surface area contributed by atoms with Gasteiger partial charge in [-0.15, -0.1) is 0 Å². The molecule has 4 heteroatoms. The van der Waals surface area contributed by atoms with Crippen LogP contribution < -0.4 is 5.32 Å². The third kappa shape index (κ3) is 34.0. The topological polar surface area (TPSA) is 69.6 Å². The van der Waals surface area contributed by atoms with Crippen molar-refractivity contribution in [1.29, 1.82) is 0 Å². The minimum Gasteiger partial charge on any atom is -0.394 e. The summed E-state index contributed by atoms with van der Waals surface area (Å²) in [6, 6.07) is -0.637. The maximum Gasteiger partial charge on any atom is 0.220 e. The van der Waals surface area contributed by atoms with Gasteiger partial charge in [0.05, 0.1) is 18.8 Å². The van der Waals surface area contributed by atoms with Gasteiger partial charge in [-0.2, -0.15) is 0 Å². The summed E-state index contributed by atoms with van der Waals surface area (Å²) in [4.78, 5) is 12.3. The van der Waals surface area contributed by atoms with E-state index >= 15 is 0 Å². The van der Waals surface area contributed by atoms with Crippen molar-refractivity contribution in [1.82, 2.24) is 5.32 Å². The Morgan fingerprint density at radius 3 is 1.26 bits per heavy atom. The normalized spacial score (nSPS) is 13.4. The molecule has 2 unspecified atom stereocenters. The molecule has 0 rings (SSSR count). The molecule has 0 radical (unpaired) electrons. The number of aliphatic hydroxyl groups excluding tert-OH is 2. The summed E-state index contributed by atoms with van der Waals surface area (Å²) in [6.07, 6.45) is 49.5. The molecule has 1 amide bonds. The van der Waals surface area contributed by atoms with Gasteiger partial charge in [0, 0.05) is 6.42 Å². The van der Waals surface area contributed by atoms with Crippen molar-refractivity contribution in [2.75, 3.05) is 6.61 Å². The second-order valence-corrected chi connectivity index (χ2v) is 13.7. The van der Waals surface area contributed by atoms with Crippen LogP contribution in [0.25, 0.3) is 0 Å². The van der Waals surface area contributed by atoms with Crippen LogP contribution in [0.15, 0.2) is 36.5 Å². The predicted molar refractivity (Wildman–Crippen MR) is 202 cm³/mol. The summed E-state index contributed by atoms with van der Waals surface area (Å²) in [6.45, 7) is 4.28. The van der Waals surface area contributed by atoms with Gasteiger partial charge in [0.25, 0.3) is 0 Å². The Balaban J connectivity index is 3.63. The highest BCUT2D eigenvalue weighted by Crippen LogP contribution is 2.13. The molecule has 270 valence electrons. The van der Waals surface area contributed by atoms with E-state index in [2.05, 4.69) is 43.5 Å². The second-order valence-electron chi connectivity index (χ2n) is 13.7. The van der Waals surface area contributed by atoms with Gasteiger partial charge in [-0.1, -0.05) is 179 Å². The van der Waals surface area contributed by atoms with Crippen LogP contribution >= 0.6 is 0 Å². The van der Waals surface area contributed by atoms with Crippen LogP contribution in [0.1, 0.15) is 206 Å². The molecule has 46 heavy (non-hydrogen) atoms. The van der Waals surface area contributed by atoms with Crippen LogP contribution in [0.5, 0.6) is 0 Å². The molecule has 0 aromatic rings. The largest absolute Gasteiger partial charge is 0.394 e. The van der Waals surface area contributed by atoms with E-state index in [1.807, 2.05) is 6.08 Å². The highest BCUT2D eigenvalue weighted by Gasteiger charge is 2.17. The number of amides is 1. The Labute approximate surface area is 287 Å². The Morgan fingerprint density at radius 1 is 0.500 bits per heavy atom. The number of allylic oxidation sites excluding steroid dienone is 5. The first-order chi connectivity index (χ1) is 22.7. The lowest BCUT2D eigenvalue weighted by Gasteiger charge is -2.19. The van der Waals surface area contributed by atoms with E-state index in [-0.39, 0.29) is 12.5 Å². The standard InChI is InChI=1S/C42H79NO3/c1-3-5-7-9-11-13-15-17-19-20-21-22-24-26-28-30-32-34-36-38-42(46)43-40(39-44)41(45)37-35-33-31-29-27-25-23-18-16-14-12-10-8-6-4-2/h17,19,27,29,35,37,40-41,44-45H,3-16,18,20-26,28,30-34,36,38-39H2,1-2H3,(H,43,46)/b19-17-,29-27+,37-35+. The molecular weight excluding hydrogens is 566 g/mol. The zero-order chi connectivity index (χ0) is 33.6. The van der Waals surface area contributed by atoms with Crippen molar-refractivity contribution in [2.45, 2.75) is 219 Å². The number of hydrogen-bond acceptors (Lipinski definition) is 3. The Bertz CT molecular complexity index is 701. The zero-order valence-corrected chi connectivity index (χ0v) is 30.8. The summed E-state index contributed by atoms with van der Waals surface area (Å²) in [7, 11) is 0. The van der Waals surface area contributed by atoms with Crippen molar-refractivity contribution in [3.63, 3.8) is 0 Å². The Kier molecular flexibility index (Phi) is 36.9. The third-order valence-electron chi connectivity index (χ3n) is 9.10. The van der Waals surface area contributed by atoms with Gasteiger partial charge in [0.1, 0.15) is 0 Å². The van der Waals surface area contributed by atoms with Crippen LogP contribution in [0.4, 0.5) is 0 Å². The smallest absolute Gasteiger partial charge is 0.220 e. The first kappa shape index (κ1) is 44.6. The van der Waals surface area contributed by atoms with Crippen molar-refractivity contribution in [2.24, 2.45) is 0 Å². The van der Waals surface area contributed by atoms with Crippen LogP contribution in [0.2, 0.25) is 0 Å². The molecule has 0 aliphatic rings. The van der Waals surface area contributed by atoms with E-state index < -0.39 is 12.1 Å². The number of unbranched alkanes of at least 4 members (excludes halogenated alkanes) is 25. The number of carbonyl (C=O) groups is 1. The lowest BCUT2D eigenvalue weighted by Crippen LogP contribution is -2.45. The molecule has 0 saturated heterocycles. The molecule has 0 aliphatic carbocycles. The molecule has 2 atom stereocenters. The number of nitrogens with one attached hydrogen (secondary N) is 1. The van der Waals surface area contributed by atoms with Gasteiger partial charge in [-0.25, -0.2) is 0 Å². The second kappa shape index (κ2) is 38.1. The van der Waals surface area contributed by atoms with E-state index in [1.54, 1.807) is 6.08 Å². The van der Waals surface area contributed by atoms with Gasteiger partial charge < -0.3 is 15.5 Å². The first-order valence-corrected chi connectivity index (χ1v) is 20.2. The lowest BCUT2D eigenvalue weighted by molar-refractivity contribution is -0.123. The van der Waals surface area contributed by atoms with Gasteiger partial charge in [0.2, 0.25) is 5.91 Å². The number of carbonyl (C=O) groups excluding carboxylic acids is 1. The van der Waals surface area contributed by atoms with Crippen molar-refractivity contribution in [3.8, 4) is 0 Å². The van der Waals surface area contributed by atoms with Crippen molar-refractivity contribution < 1.29 is 15.0 Å². The summed E-state index contributed by atoms with van der Waals surface area (Å²) in [5.41, 5.74) is 0. The van der Waals surface area contributed by atoms with E-state index in [4.69, 9.17) is 0 Å². The van der Waals surface area contributed by atoms with Gasteiger partial charge in [-0.3, -0.25) is 4.79 Å². The van der Waals surface area contributed by atoms with Crippen LogP contribution in [0.3, 0.4) is 0 Å². The van der Waals surface area contributed by atoms with E-state index in [1.165, 1.54) is 154 Å². The fourth-order valence-corrected chi connectivity index (χ4v) is 5.95. The monoisotopic (exact) mass is 646 g/mol. The number of aliphatic hydroxyl groups is 2. The highest BCUT2D eigenvalue weighted by atomic mass is 16.3. The molecule has 3 N–H and O–H groups in total. The molecule has 0 aromatic heterocycles. The zero-order valence-electron chi connectivity index (χ0n) is 30.8. The molecule has 4 nitrogen and oxygen atoms in total. The molecule has 0 bridgehead atoms. The minimum absolute atomic E-state index is 0.0769.